The Balaban J connectivity index is 1.48. The zero-order chi connectivity index (χ0) is 26.5. The molecule has 4 aromatic rings. The molecule has 0 unspecified atom stereocenters. The largest absolute Gasteiger partial charge is 0.465 e. The Morgan fingerprint density at radius 1 is 0.919 bits per heavy atom. The fourth-order valence-electron chi connectivity index (χ4n) is 3.95. The molecule has 37 heavy (non-hydrogen) atoms. The Morgan fingerprint density at radius 2 is 1.57 bits per heavy atom. The molecule has 0 aliphatic heterocycles. The topological polar surface area (TPSA) is 99.0 Å². The van der Waals surface area contributed by atoms with Crippen LogP contribution in [-0.4, -0.2) is 38.7 Å². The number of aromatic nitrogens is 4. The summed E-state index contributed by atoms with van der Waals surface area (Å²) in [5.41, 5.74) is 6.62. The number of benzene rings is 2. The van der Waals surface area contributed by atoms with Gasteiger partial charge < -0.3 is 10.1 Å². The number of ether oxygens (including phenoxy) is 1. The molecule has 1 amide bonds. The Bertz CT molecular complexity index is 1540. The molecule has 2 heterocycles. The second-order valence-corrected chi connectivity index (χ2v) is 8.64. The number of nitrogens with zero attached hydrogens (tertiary/aromatic N) is 4. The maximum absolute atomic E-state index is 12.9. The third-order valence-corrected chi connectivity index (χ3v) is 5.72. The molecule has 186 valence electrons. The second-order valence-electron chi connectivity index (χ2n) is 8.64. The molecule has 2 aromatic carbocycles. The highest BCUT2D eigenvalue weighted by Crippen LogP contribution is 2.18. The standard InChI is InChI=1S/C29H27N5O3/c1-18-14-19(2)31-29(30-18)34-21(4)26(20(3)33-34)17-27(35)32-25-11-7-9-23(16-25)13-12-22-8-6-10-24(15-22)28(36)37-5/h6-11,14-16H,17H2,1-5H3,(H,32,35). The lowest BCUT2D eigenvalue weighted by Crippen LogP contribution is -2.15. The van der Waals surface area contributed by atoms with Crippen molar-refractivity contribution in [1.29, 1.82) is 0 Å². The van der Waals surface area contributed by atoms with Gasteiger partial charge in [0.15, 0.2) is 0 Å². The molecule has 0 atom stereocenters. The average Bonchev–Trinajstić information content (AvgIpc) is 3.15. The van der Waals surface area contributed by atoms with Crippen LogP contribution in [0.4, 0.5) is 5.69 Å². The third kappa shape index (κ3) is 6.08. The molecule has 1 N–H and O–H groups in total. The van der Waals surface area contributed by atoms with Crippen LogP contribution in [0.3, 0.4) is 0 Å². The predicted molar refractivity (Wildman–Crippen MR) is 141 cm³/mol. The van der Waals surface area contributed by atoms with Gasteiger partial charge in [-0.3, -0.25) is 4.79 Å². The van der Waals surface area contributed by atoms with Gasteiger partial charge >= 0.3 is 5.97 Å². The van der Waals surface area contributed by atoms with Crippen LogP contribution < -0.4 is 5.32 Å². The minimum absolute atomic E-state index is 0.164. The lowest BCUT2D eigenvalue weighted by Gasteiger charge is -2.07. The first kappa shape index (κ1) is 25.3. The summed E-state index contributed by atoms with van der Waals surface area (Å²) in [7, 11) is 1.34. The maximum Gasteiger partial charge on any atom is 0.337 e. The highest BCUT2D eigenvalue weighted by atomic mass is 16.5. The Labute approximate surface area is 215 Å². The maximum atomic E-state index is 12.9. The van der Waals surface area contributed by atoms with E-state index in [2.05, 4.69) is 32.2 Å². The SMILES string of the molecule is COC(=O)c1cccc(C#Cc2cccc(NC(=O)Cc3c(C)nn(-c4nc(C)cc(C)n4)c3C)c2)c1. The van der Waals surface area contributed by atoms with E-state index in [1.54, 1.807) is 22.9 Å². The summed E-state index contributed by atoms with van der Waals surface area (Å²) in [6.07, 6.45) is 0.165. The van der Waals surface area contributed by atoms with Gasteiger partial charge in [-0.2, -0.15) is 5.10 Å². The highest BCUT2D eigenvalue weighted by molar-refractivity contribution is 5.92. The summed E-state index contributed by atoms with van der Waals surface area (Å²) >= 11 is 0. The highest BCUT2D eigenvalue weighted by Gasteiger charge is 2.18. The molecule has 0 saturated carbocycles. The normalized spacial score (nSPS) is 10.4. The number of esters is 1. The van der Waals surface area contributed by atoms with Crippen molar-refractivity contribution in [3.63, 3.8) is 0 Å². The number of rotatable bonds is 5. The molecule has 2 aromatic heterocycles. The van der Waals surface area contributed by atoms with E-state index in [1.807, 2.05) is 64.1 Å². The molecule has 0 saturated heterocycles. The summed E-state index contributed by atoms with van der Waals surface area (Å²) in [5, 5.41) is 7.52. The average molecular weight is 494 g/mol. The fourth-order valence-corrected chi connectivity index (χ4v) is 3.95. The van der Waals surface area contributed by atoms with Crippen molar-refractivity contribution in [1.82, 2.24) is 19.7 Å². The van der Waals surface area contributed by atoms with Gasteiger partial charge in [0, 0.05) is 39.5 Å². The van der Waals surface area contributed by atoms with E-state index in [0.717, 1.165) is 33.9 Å². The van der Waals surface area contributed by atoms with Crippen LogP contribution >= 0.6 is 0 Å². The first-order valence-electron chi connectivity index (χ1n) is 11.7. The van der Waals surface area contributed by atoms with E-state index < -0.39 is 5.97 Å². The molecule has 0 radical (unpaired) electrons. The van der Waals surface area contributed by atoms with Gasteiger partial charge in [0.25, 0.3) is 5.95 Å². The minimum atomic E-state index is -0.411. The van der Waals surface area contributed by atoms with Crippen LogP contribution in [0.15, 0.2) is 54.6 Å². The first-order valence-corrected chi connectivity index (χ1v) is 11.7. The van der Waals surface area contributed by atoms with Gasteiger partial charge in [-0.25, -0.2) is 19.4 Å². The third-order valence-electron chi connectivity index (χ3n) is 5.72. The molecule has 8 heteroatoms. The van der Waals surface area contributed by atoms with Crippen molar-refractivity contribution in [2.75, 3.05) is 12.4 Å². The minimum Gasteiger partial charge on any atom is -0.465 e. The lowest BCUT2D eigenvalue weighted by molar-refractivity contribution is -0.115. The van der Waals surface area contributed by atoms with E-state index in [4.69, 9.17) is 4.74 Å². The van der Waals surface area contributed by atoms with Crippen LogP contribution in [-0.2, 0) is 16.0 Å². The van der Waals surface area contributed by atoms with Crippen LogP contribution in [0.5, 0.6) is 0 Å². The summed E-state index contributed by atoms with van der Waals surface area (Å²) in [4.78, 5) is 33.6. The number of carbonyl (C=O) groups excluding carboxylic acids is 2. The molecule has 0 bridgehead atoms. The fraction of sp³-hybridized carbons (Fsp3) is 0.207. The van der Waals surface area contributed by atoms with Crippen LogP contribution in [0.25, 0.3) is 5.95 Å². The van der Waals surface area contributed by atoms with Gasteiger partial charge in [0.05, 0.1) is 24.8 Å². The monoisotopic (exact) mass is 493 g/mol. The van der Waals surface area contributed by atoms with Crippen LogP contribution in [0.1, 0.15) is 49.8 Å². The van der Waals surface area contributed by atoms with E-state index in [1.165, 1.54) is 7.11 Å². The van der Waals surface area contributed by atoms with E-state index in [0.29, 0.717) is 22.8 Å². The van der Waals surface area contributed by atoms with Gasteiger partial charge in [-0.05, 0) is 70.2 Å². The molecular formula is C29H27N5O3. The molecule has 0 spiro atoms. The summed E-state index contributed by atoms with van der Waals surface area (Å²) in [6, 6.07) is 16.1. The van der Waals surface area contributed by atoms with Crippen LogP contribution in [0.2, 0.25) is 0 Å². The molecule has 4 rings (SSSR count). The molecule has 0 aliphatic rings. The van der Waals surface area contributed by atoms with E-state index in [9.17, 15) is 9.59 Å². The number of carbonyl (C=O) groups is 2. The predicted octanol–water partition coefficient (Wildman–Crippen LogP) is 4.26. The quantitative estimate of drug-likeness (QED) is 0.329. The summed E-state index contributed by atoms with van der Waals surface area (Å²) in [5.74, 6) is 6.04. The first-order chi connectivity index (χ1) is 17.7. The summed E-state index contributed by atoms with van der Waals surface area (Å²) < 4.78 is 6.44. The molecule has 8 nitrogen and oxygen atoms in total. The van der Waals surface area contributed by atoms with Crippen LogP contribution in [0, 0.1) is 39.5 Å². The Hall–Kier alpha value is -4.77. The van der Waals surface area contributed by atoms with Gasteiger partial charge in [-0.15, -0.1) is 0 Å². The van der Waals surface area contributed by atoms with E-state index in [-0.39, 0.29) is 12.3 Å². The second kappa shape index (κ2) is 10.9. The van der Waals surface area contributed by atoms with Crippen molar-refractivity contribution in [2.45, 2.75) is 34.1 Å². The smallest absolute Gasteiger partial charge is 0.337 e. The number of methoxy groups -OCH3 is 1. The zero-order valence-corrected chi connectivity index (χ0v) is 21.4. The molecule has 0 fully saturated rings. The zero-order valence-electron chi connectivity index (χ0n) is 21.4. The van der Waals surface area contributed by atoms with Gasteiger partial charge in [0.1, 0.15) is 0 Å². The van der Waals surface area contributed by atoms with Crippen molar-refractivity contribution >= 4 is 17.6 Å². The number of nitrogens with one attached hydrogen (secondary N) is 1. The number of hydrogen-bond donors (Lipinski definition) is 1. The number of anilines is 1. The lowest BCUT2D eigenvalue weighted by atomic mass is 10.1. The Kier molecular flexibility index (Phi) is 7.44. The number of amides is 1. The molecule has 0 aliphatic carbocycles. The van der Waals surface area contributed by atoms with Crippen molar-refractivity contribution < 1.29 is 14.3 Å². The van der Waals surface area contributed by atoms with Crippen molar-refractivity contribution in [3.05, 3.63) is 99.6 Å². The van der Waals surface area contributed by atoms with Crippen molar-refractivity contribution in [2.24, 2.45) is 0 Å². The number of aryl methyl sites for hydroxylation is 3. The molecular weight excluding hydrogens is 466 g/mol. The van der Waals surface area contributed by atoms with Gasteiger partial charge in [-0.1, -0.05) is 24.0 Å². The number of hydrogen-bond acceptors (Lipinski definition) is 6. The summed E-state index contributed by atoms with van der Waals surface area (Å²) in [6.45, 7) is 7.61. The van der Waals surface area contributed by atoms with Crippen molar-refractivity contribution in [3.8, 4) is 17.8 Å². The van der Waals surface area contributed by atoms with Gasteiger partial charge in [0.2, 0.25) is 5.91 Å². The van der Waals surface area contributed by atoms with E-state index >= 15 is 0 Å². The Morgan fingerprint density at radius 3 is 2.24 bits per heavy atom.